The van der Waals surface area contributed by atoms with Crippen LogP contribution in [0.2, 0.25) is 0 Å². The van der Waals surface area contributed by atoms with Gasteiger partial charge in [-0.3, -0.25) is 0 Å². The highest BCUT2D eigenvalue weighted by Crippen LogP contribution is 2.22. The summed E-state index contributed by atoms with van der Waals surface area (Å²) in [5.74, 6) is 0.108. The summed E-state index contributed by atoms with van der Waals surface area (Å²) in [6.45, 7) is 3.99. The molecular formula is C18H20BrNO5S. The van der Waals surface area contributed by atoms with Crippen molar-refractivity contribution in [1.29, 1.82) is 0 Å². The zero-order valence-electron chi connectivity index (χ0n) is 14.7. The Balaban J connectivity index is 2.12. The second-order valence-electron chi connectivity index (χ2n) is 5.77. The monoisotopic (exact) mass is 441 g/mol. The predicted octanol–water partition coefficient (Wildman–Crippen LogP) is 3.50. The average molecular weight is 442 g/mol. The fourth-order valence-corrected chi connectivity index (χ4v) is 3.61. The van der Waals surface area contributed by atoms with E-state index < -0.39 is 16.0 Å². The first-order chi connectivity index (χ1) is 12.2. The van der Waals surface area contributed by atoms with Crippen molar-refractivity contribution in [2.45, 2.75) is 31.4 Å². The van der Waals surface area contributed by atoms with E-state index in [0.29, 0.717) is 4.47 Å². The molecule has 8 heteroatoms. The summed E-state index contributed by atoms with van der Waals surface area (Å²) in [4.78, 5) is 11.7. The highest BCUT2D eigenvalue weighted by Gasteiger charge is 2.18. The first kappa shape index (κ1) is 20.4. The number of carbonyl (C=O) groups is 1. The quantitative estimate of drug-likeness (QED) is 0.664. The van der Waals surface area contributed by atoms with Crippen LogP contribution in [0.4, 0.5) is 0 Å². The number of rotatable bonds is 7. The van der Waals surface area contributed by atoms with E-state index in [1.54, 1.807) is 24.3 Å². The Labute approximate surface area is 161 Å². The molecule has 0 fully saturated rings. The number of nitrogens with one attached hydrogen (secondary N) is 1. The fourth-order valence-electron chi connectivity index (χ4n) is 2.16. The lowest BCUT2D eigenvalue weighted by atomic mass is 10.2. The van der Waals surface area contributed by atoms with Crippen molar-refractivity contribution in [2.75, 3.05) is 7.11 Å². The van der Waals surface area contributed by atoms with E-state index in [4.69, 9.17) is 4.74 Å². The van der Waals surface area contributed by atoms with E-state index in [0.717, 1.165) is 11.3 Å². The third-order valence-corrected chi connectivity index (χ3v) is 5.51. The van der Waals surface area contributed by atoms with Gasteiger partial charge in [-0.1, -0.05) is 12.1 Å². The minimum Gasteiger partial charge on any atom is -0.491 e. The first-order valence-corrected chi connectivity index (χ1v) is 10.1. The van der Waals surface area contributed by atoms with Crippen molar-refractivity contribution in [1.82, 2.24) is 4.72 Å². The van der Waals surface area contributed by atoms with Crippen LogP contribution < -0.4 is 9.46 Å². The number of benzene rings is 2. The molecule has 2 aromatic carbocycles. The molecule has 0 amide bonds. The van der Waals surface area contributed by atoms with Crippen LogP contribution in [0.3, 0.4) is 0 Å². The number of esters is 1. The van der Waals surface area contributed by atoms with Crippen LogP contribution in [0.5, 0.6) is 5.75 Å². The number of sulfonamides is 1. The van der Waals surface area contributed by atoms with E-state index in [2.05, 4.69) is 25.4 Å². The van der Waals surface area contributed by atoms with Gasteiger partial charge in [0.1, 0.15) is 5.75 Å². The van der Waals surface area contributed by atoms with Crippen LogP contribution in [-0.4, -0.2) is 27.6 Å². The predicted molar refractivity (Wildman–Crippen MR) is 102 cm³/mol. The van der Waals surface area contributed by atoms with E-state index in [9.17, 15) is 13.2 Å². The zero-order valence-corrected chi connectivity index (χ0v) is 17.1. The minimum atomic E-state index is -3.78. The van der Waals surface area contributed by atoms with Crippen molar-refractivity contribution >= 4 is 31.9 Å². The lowest BCUT2D eigenvalue weighted by Gasteiger charge is -2.11. The number of ether oxygens (including phenoxy) is 2. The normalized spacial score (nSPS) is 11.4. The Bertz CT molecular complexity index is 879. The third-order valence-electron chi connectivity index (χ3n) is 3.41. The molecule has 0 saturated heterocycles. The molecule has 0 aliphatic rings. The average Bonchev–Trinajstić information content (AvgIpc) is 2.60. The third kappa shape index (κ3) is 5.30. The maximum Gasteiger partial charge on any atom is 0.339 e. The largest absolute Gasteiger partial charge is 0.491 e. The van der Waals surface area contributed by atoms with Crippen LogP contribution in [0.25, 0.3) is 0 Å². The molecule has 0 spiro atoms. The second-order valence-corrected chi connectivity index (χ2v) is 8.39. The molecule has 2 rings (SSSR count). The molecule has 0 radical (unpaired) electrons. The Morgan fingerprint density at radius 1 is 1.15 bits per heavy atom. The van der Waals surface area contributed by atoms with Gasteiger partial charge in [-0.25, -0.2) is 17.9 Å². The van der Waals surface area contributed by atoms with Gasteiger partial charge < -0.3 is 9.47 Å². The van der Waals surface area contributed by atoms with E-state index in [1.165, 1.54) is 25.3 Å². The summed E-state index contributed by atoms with van der Waals surface area (Å²) in [7, 11) is -2.54. The summed E-state index contributed by atoms with van der Waals surface area (Å²) in [6.07, 6.45) is 0.0702. The van der Waals surface area contributed by atoms with E-state index in [-0.39, 0.29) is 23.1 Å². The smallest absolute Gasteiger partial charge is 0.339 e. The fraction of sp³-hybridized carbons (Fsp3) is 0.278. The van der Waals surface area contributed by atoms with Crippen molar-refractivity contribution in [3.8, 4) is 5.75 Å². The molecule has 0 bridgehead atoms. The molecule has 0 heterocycles. The number of hydrogen-bond acceptors (Lipinski definition) is 5. The van der Waals surface area contributed by atoms with E-state index >= 15 is 0 Å². The van der Waals surface area contributed by atoms with Gasteiger partial charge in [0.15, 0.2) is 0 Å². The first-order valence-electron chi connectivity index (χ1n) is 7.86. The van der Waals surface area contributed by atoms with Crippen LogP contribution in [0.1, 0.15) is 29.8 Å². The van der Waals surface area contributed by atoms with Crippen molar-refractivity contribution < 1.29 is 22.7 Å². The van der Waals surface area contributed by atoms with Gasteiger partial charge in [-0.05, 0) is 65.7 Å². The number of halogens is 1. The van der Waals surface area contributed by atoms with Gasteiger partial charge >= 0.3 is 5.97 Å². The Morgan fingerprint density at radius 3 is 2.38 bits per heavy atom. The SMILES string of the molecule is COC(=O)c1cc(S(=O)(=O)NCc2ccc(OC(C)C)cc2)ccc1Br. The minimum absolute atomic E-state index is 0.0131. The standard InChI is InChI=1S/C18H20BrNO5S/c1-12(2)25-14-6-4-13(5-7-14)11-20-26(22,23)15-8-9-17(19)16(10-15)18(21)24-3/h4-10,12,20H,11H2,1-3H3. The maximum atomic E-state index is 12.5. The highest BCUT2D eigenvalue weighted by atomic mass is 79.9. The molecular weight excluding hydrogens is 422 g/mol. The van der Waals surface area contributed by atoms with Crippen LogP contribution in [0.15, 0.2) is 51.8 Å². The van der Waals surface area contributed by atoms with Crippen LogP contribution in [-0.2, 0) is 21.3 Å². The summed E-state index contributed by atoms with van der Waals surface area (Å²) >= 11 is 3.21. The van der Waals surface area contributed by atoms with Crippen molar-refractivity contribution in [3.63, 3.8) is 0 Å². The van der Waals surface area contributed by atoms with Gasteiger partial charge in [0.2, 0.25) is 10.0 Å². The van der Waals surface area contributed by atoms with Crippen LogP contribution in [0, 0.1) is 0 Å². The van der Waals surface area contributed by atoms with Crippen molar-refractivity contribution in [2.24, 2.45) is 0 Å². The van der Waals surface area contributed by atoms with Gasteiger partial charge in [-0.15, -0.1) is 0 Å². The Kier molecular flexibility index (Phi) is 6.80. The molecule has 6 nitrogen and oxygen atoms in total. The van der Waals surface area contributed by atoms with Gasteiger partial charge in [0, 0.05) is 11.0 Å². The number of hydrogen-bond donors (Lipinski definition) is 1. The second kappa shape index (κ2) is 8.66. The van der Waals surface area contributed by atoms with E-state index in [1.807, 2.05) is 13.8 Å². The van der Waals surface area contributed by atoms with Gasteiger partial charge in [0.25, 0.3) is 0 Å². The summed E-state index contributed by atoms with van der Waals surface area (Å²) in [5.41, 5.74) is 0.931. The summed E-state index contributed by atoms with van der Waals surface area (Å²) in [5, 5.41) is 0. The highest BCUT2D eigenvalue weighted by molar-refractivity contribution is 9.10. The molecule has 26 heavy (non-hydrogen) atoms. The zero-order chi connectivity index (χ0) is 19.3. The molecule has 0 unspecified atom stereocenters. The van der Waals surface area contributed by atoms with Crippen LogP contribution >= 0.6 is 15.9 Å². The topological polar surface area (TPSA) is 81.7 Å². The molecule has 1 N–H and O–H groups in total. The maximum absolute atomic E-state index is 12.5. The molecule has 2 aromatic rings. The number of methoxy groups -OCH3 is 1. The molecule has 0 atom stereocenters. The lowest BCUT2D eigenvalue weighted by Crippen LogP contribution is -2.23. The molecule has 0 aromatic heterocycles. The summed E-state index contributed by atoms with van der Waals surface area (Å²) < 4.78 is 38.2. The lowest BCUT2D eigenvalue weighted by molar-refractivity contribution is 0.0599. The Morgan fingerprint density at radius 2 is 1.81 bits per heavy atom. The molecule has 0 aliphatic carbocycles. The van der Waals surface area contributed by atoms with Crippen molar-refractivity contribution in [3.05, 3.63) is 58.1 Å². The number of carbonyl (C=O) groups excluding carboxylic acids is 1. The molecule has 140 valence electrons. The van der Waals surface area contributed by atoms with Gasteiger partial charge in [0.05, 0.1) is 23.7 Å². The molecule has 0 saturated carbocycles. The summed E-state index contributed by atoms with van der Waals surface area (Å²) in [6, 6.07) is 11.4. The van der Waals surface area contributed by atoms with Gasteiger partial charge in [-0.2, -0.15) is 0 Å². The Hall–Kier alpha value is -1.90. The molecule has 0 aliphatic heterocycles.